The lowest BCUT2D eigenvalue weighted by Gasteiger charge is -2.15. The molecule has 0 aliphatic carbocycles. The van der Waals surface area contributed by atoms with E-state index < -0.39 is 0 Å². The van der Waals surface area contributed by atoms with E-state index in [2.05, 4.69) is 0 Å². The number of para-hydroxylation sites is 1. The predicted molar refractivity (Wildman–Crippen MR) is 113 cm³/mol. The lowest BCUT2D eigenvalue weighted by atomic mass is 10.1. The van der Waals surface area contributed by atoms with E-state index >= 15 is 0 Å². The Morgan fingerprint density at radius 3 is 2.54 bits per heavy atom. The standard InChI is InChI=1S/C21H15NO2S2/c1-24-18-9-5-4-8-16(18)13-19-20(23)22(21(25)26-19)17-11-10-14-6-2-3-7-15(14)12-17/h2-13H,1H3. The van der Waals surface area contributed by atoms with E-state index in [1.54, 1.807) is 12.0 Å². The average Bonchev–Trinajstić information content (AvgIpc) is 2.95. The van der Waals surface area contributed by atoms with Crippen molar-refractivity contribution in [2.24, 2.45) is 0 Å². The maximum Gasteiger partial charge on any atom is 0.270 e. The highest BCUT2D eigenvalue weighted by Gasteiger charge is 2.33. The molecule has 128 valence electrons. The Hall–Kier alpha value is -2.63. The molecule has 4 rings (SSSR count). The topological polar surface area (TPSA) is 29.5 Å². The molecule has 0 N–H and O–H groups in total. The van der Waals surface area contributed by atoms with Gasteiger partial charge in [-0.2, -0.15) is 0 Å². The van der Waals surface area contributed by atoms with Gasteiger partial charge in [-0.3, -0.25) is 9.69 Å². The highest BCUT2D eigenvalue weighted by atomic mass is 32.2. The third kappa shape index (κ3) is 3.00. The summed E-state index contributed by atoms with van der Waals surface area (Å²) in [5.74, 6) is 0.615. The number of ether oxygens (including phenoxy) is 1. The van der Waals surface area contributed by atoms with E-state index in [0.29, 0.717) is 9.23 Å². The predicted octanol–water partition coefficient (Wildman–Crippen LogP) is 5.25. The monoisotopic (exact) mass is 377 g/mol. The number of thioether (sulfide) groups is 1. The summed E-state index contributed by atoms with van der Waals surface area (Å²) in [6, 6.07) is 21.6. The molecular weight excluding hydrogens is 362 g/mol. The molecular formula is C21H15NO2S2. The van der Waals surface area contributed by atoms with Crippen LogP contribution in [0, 0.1) is 0 Å². The number of hydrogen-bond acceptors (Lipinski definition) is 4. The van der Waals surface area contributed by atoms with Crippen molar-refractivity contribution in [3.63, 3.8) is 0 Å². The van der Waals surface area contributed by atoms with E-state index in [1.165, 1.54) is 11.8 Å². The fourth-order valence-electron chi connectivity index (χ4n) is 2.93. The zero-order valence-electron chi connectivity index (χ0n) is 14.0. The van der Waals surface area contributed by atoms with Crippen molar-refractivity contribution < 1.29 is 9.53 Å². The normalized spacial score (nSPS) is 15.9. The summed E-state index contributed by atoms with van der Waals surface area (Å²) in [7, 11) is 1.62. The van der Waals surface area contributed by atoms with Crippen LogP contribution < -0.4 is 9.64 Å². The van der Waals surface area contributed by atoms with Crippen LogP contribution in [0.4, 0.5) is 5.69 Å². The number of thiocarbonyl (C=S) groups is 1. The van der Waals surface area contributed by atoms with Crippen LogP contribution in [0.15, 0.2) is 71.6 Å². The Bertz CT molecular complexity index is 1060. The van der Waals surface area contributed by atoms with Gasteiger partial charge < -0.3 is 4.74 Å². The van der Waals surface area contributed by atoms with Crippen LogP contribution in [-0.4, -0.2) is 17.3 Å². The van der Waals surface area contributed by atoms with Crippen molar-refractivity contribution in [2.45, 2.75) is 0 Å². The molecule has 3 aromatic rings. The van der Waals surface area contributed by atoms with Crippen molar-refractivity contribution in [1.82, 2.24) is 0 Å². The smallest absolute Gasteiger partial charge is 0.270 e. The molecule has 0 saturated carbocycles. The van der Waals surface area contributed by atoms with Gasteiger partial charge in [-0.15, -0.1) is 0 Å². The third-order valence-corrected chi connectivity index (χ3v) is 5.51. The number of carbonyl (C=O) groups is 1. The molecule has 1 fully saturated rings. The number of rotatable bonds is 3. The number of carbonyl (C=O) groups excluding carboxylic acids is 1. The molecule has 0 unspecified atom stereocenters. The van der Waals surface area contributed by atoms with E-state index in [0.717, 1.165) is 27.8 Å². The molecule has 5 heteroatoms. The van der Waals surface area contributed by atoms with E-state index in [9.17, 15) is 4.79 Å². The number of anilines is 1. The van der Waals surface area contributed by atoms with Crippen molar-refractivity contribution in [1.29, 1.82) is 0 Å². The van der Waals surface area contributed by atoms with Gasteiger partial charge in [-0.05, 0) is 35.0 Å². The summed E-state index contributed by atoms with van der Waals surface area (Å²) in [5, 5.41) is 2.21. The number of methoxy groups -OCH3 is 1. The summed E-state index contributed by atoms with van der Waals surface area (Å²) >= 11 is 6.78. The molecule has 1 amide bonds. The van der Waals surface area contributed by atoms with Crippen molar-refractivity contribution in [2.75, 3.05) is 12.0 Å². The first-order valence-corrected chi connectivity index (χ1v) is 9.29. The van der Waals surface area contributed by atoms with Gasteiger partial charge >= 0.3 is 0 Å². The van der Waals surface area contributed by atoms with Gasteiger partial charge in [0.2, 0.25) is 0 Å². The van der Waals surface area contributed by atoms with Gasteiger partial charge in [0.15, 0.2) is 4.32 Å². The van der Waals surface area contributed by atoms with E-state index in [-0.39, 0.29) is 5.91 Å². The molecule has 3 aromatic carbocycles. The number of nitrogens with zero attached hydrogens (tertiary/aromatic N) is 1. The van der Waals surface area contributed by atoms with Gasteiger partial charge in [0, 0.05) is 5.56 Å². The van der Waals surface area contributed by atoms with Crippen molar-refractivity contribution >= 4 is 56.7 Å². The Morgan fingerprint density at radius 1 is 1.00 bits per heavy atom. The fourth-order valence-corrected chi connectivity index (χ4v) is 4.22. The zero-order valence-corrected chi connectivity index (χ0v) is 15.6. The lowest BCUT2D eigenvalue weighted by molar-refractivity contribution is -0.113. The molecule has 1 aliphatic heterocycles. The van der Waals surface area contributed by atoms with Gasteiger partial charge in [-0.1, -0.05) is 72.5 Å². The van der Waals surface area contributed by atoms with Gasteiger partial charge in [-0.25, -0.2) is 0 Å². The molecule has 1 saturated heterocycles. The first kappa shape index (κ1) is 16.8. The second kappa shape index (κ2) is 6.94. The Labute approximate surface area is 161 Å². The van der Waals surface area contributed by atoms with Crippen LogP contribution in [0.5, 0.6) is 5.75 Å². The molecule has 0 spiro atoms. The summed E-state index contributed by atoms with van der Waals surface area (Å²) in [5.41, 5.74) is 1.64. The van der Waals surface area contributed by atoms with E-state index in [4.69, 9.17) is 17.0 Å². The van der Waals surface area contributed by atoms with Crippen molar-refractivity contribution in [3.8, 4) is 5.75 Å². The van der Waals surface area contributed by atoms with Crippen LogP contribution in [0.2, 0.25) is 0 Å². The third-order valence-electron chi connectivity index (χ3n) is 4.21. The summed E-state index contributed by atoms with van der Waals surface area (Å²) < 4.78 is 5.90. The number of fused-ring (bicyclic) bond motifs is 1. The average molecular weight is 377 g/mol. The summed E-state index contributed by atoms with van der Waals surface area (Å²) in [6.45, 7) is 0. The molecule has 0 atom stereocenters. The van der Waals surface area contributed by atoms with Crippen molar-refractivity contribution in [3.05, 3.63) is 77.2 Å². The van der Waals surface area contributed by atoms with Crippen LogP contribution in [0.25, 0.3) is 16.8 Å². The first-order valence-electron chi connectivity index (χ1n) is 8.07. The van der Waals surface area contributed by atoms with Crippen LogP contribution in [-0.2, 0) is 4.79 Å². The summed E-state index contributed by atoms with van der Waals surface area (Å²) in [6.07, 6.45) is 1.83. The second-order valence-electron chi connectivity index (χ2n) is 5.79. The highest BCUT2D eigenvalue weighted by Crippen LogP contribution is 2.37. The number of amides is 1. The number of benzene rings is 3. The largest absolute Gasteiger partial charge is 0.496 e. The highest BCUT2D eigenvalue weighted by molar-refractivity contribution is 8.27. The number of hydrogen-bond donors (Lipinski definition) is 0. The maximum atomic E-state index is 13.0. The SMILES string of the molecule is COc1ccccc1C=C1SC(=S)N(c2ccc3ccccc3c2)C1=O. The Kier molecular flexibility index (Phi) is 4.49. The molecule has 0 aromatic heterocycles. The molecule has 0 radical (unpaired) electrons. The van der Waals surface area contributed by atoms with E-state index in [1.807, 2.05) is 72.8 Å². The van der Waals surface area contributed by atoms with Gasteiger partial charge in [0.05, 0.1) is 17.7 Å². The van der Waals surface area contributed by atoms with Gasteiger partial charge in [0.25, 0.3) is 5.91 Å². The lowest BCUT2D eigenvalue weighted by Crippen LogP contribution is -2.27. The maximum absolute atomic E-state index is 13.0. The molecule has 3 nitrogen and oxygen atoms in total. The minimum atomic E-state index is -0.110. The molecule has 0 bridgehead atoms. The second-order valence-corrected chi connectivity index (χ2v) is 7.47. The van der Waals surface area contributed by atoms with Crippen LogP contribution in [0.1, 0.15) is 5.56 Å². The fraction of sp³-hybridized carbons (Fsp3) is 0.0476. The van der Waals surface area contributed by atoms with Crippen LogP contribution >= 0.6 is 24.0 Å². The minimum absolute atomic E-state index is 0.110. The Balaban J connectivity index is 1.71. The minimum Gasteiger partial charge on any atom is -0.496 e. The quantitative estimate of drug-likeness (QED) is 0.460. The Morgan fingerprint density at radius 2 is 1.73 bits per heavy atom. The molecule has 1 aliphatic rings. The summed E-state index contributed by atoms with van der Waals surface area (Å²) in [4.78, 5) is 15.1. The molecule has 1 heterocycles. The first-order chi connectivity index (χ1) is 12.7. The molecule has 26 heavy (non-hydrogen) atoms. The zero-order chi connectivity index (χ0) is 18.1. The van der Waals surface area contributed by atoms with Gasteiger partial charge in [0.1, 0.15) is 5.75 Å². The van der Waals surface area contributed by atoms with Crippen LogP contribution in [0.3, 0.4) is 0 Å².